The molecule has 5 nitrogen and oxygen atoms in total. The second-order valence-corrected chi connectivity index (χ2v) is 5.99. The highest BCUT2D eigenvalue weighted by Crippen LogP contribution is 2.22. The molecule has 0 saturated heterocycles. The van der Waals surface area contributed by atoms with Crippen LogP contribution in [0.2, 0.25) is 5.02 Å². The minimum atomic E-state index is 0.00446. The average Bonchev–Trinajstić information content (AvgIpc) is 2.66. The molecule has 1 unspecified atom stereocenters. The highest BCUT2D eigenvalue weighted by molar-refractivity contribution is 6.30. The molecule has 0 amide bonds. The molecule has 0 aliphatic carbocycles. The number of guanidine groups is 1. The van der Waals surface area contributed by atoms with E-state index in [2.05, 4.69) is 15.6 Å². The number of ether oxygens (including phenoxy) is 1. The van der Waals surface area contributed by atoms with Crippen molar-refractivity contribution in [2.24, 2.45) is 4.99 Å². The molecule has 25 heavy (non-hydrogen) atoms. The van der Waals surface area contributed by atoms with Crippen LogP contribution in [0.4, 0.5) is 0 Å². The Morgan fingerprint density at radius 2 is 1.96 bits per heavy atom. The first-order valence-corrected chi connectivity index (χ1v) is 8.48. The van der Waals surface area contributed by atoms with Gasteiger partial charge in [-0.25, -0.2) is 0 Å². The summed E-state index contributed by atoms with van der Waals surface area (Å²) in [6.45, 7) is 1.20. The third kappa shape index (κ3) is 5.66. The van der Waals surface area contributed by atoms with Gasteiger partial charge in [0, 0.05) is 36.6 Å². The van der Waals surface area contributed by atoms with E-state index in [-0.39, 0.29) is 12.5 Å². The Morgan fingerprint density at radius 3 is 2.60 bits per heavy atom. The number of hydrogen-bond donors (Lipinski definition) is 3. The summed E-state index contributed by atoms with van der Waals surface area (Å²) in [5.41, 5.74) is 2.07. The summed E-state index contributed by atoms with van der Waals surface area (Å²) >= 11 is 5.98. The van der Waals surface area contributed by atoms with Gasteiger partial charge in [0.15, 0.2) is 5.96 Å². The van der Waals surface area contributed by atoms with Crippen molar-refractivity contribution >= 4 is 17.6 Å². The lowest BCUT2D eigenvalue weighted by atomic mass is 10.0. The topological polar surface area (TPSA) is 65.9 Å². The second-order valence-electron chi connectivity index (χ2n) is 5.55. The molecule has 0 spiro atoms. The van der Waals surface area contributed by atoms with Crippen molar-refractivity contribution in [3.63, 3.8) is 0 Å². The predicted octanol–water partition coefficient (Wildman–Crippen LogP) is 2.79. The molecule has 0 fully saturated rings. The summed E-state index contributed by atoms with van der Waals surface area (Å²) in [6, 6.07) is 15.5. The standard InChI is InChI=1S/C19H24ClN3O2/c1-21-19(22-11-15-8-9-17(20)10-18(15)25-2)23-12-16(13-24)14-6-4-3-5-7-14/h3-10,16,24H,11-13H2,1-2H3,(H2,21,22,23). The minimum absolute atomic E-state index is 0.00446. The fourth-order valence-corrected chi connectivity index (χ4v) is 2.66. The van der Waals surface area contributed by atoms with E-state index in [1.807, 2.05) is 42.5 Å². The van der Waals surface area contributed by atoms with Gasteiger partial charge in [0.05, 0.1) is 13.7 Å². The van der Waals surface area contributed by atoms with Crippen LogP contribution in [0, 0.1) is 0 Å². The third-order valence-electron chi connectivity index (χ3n) is 3.93. The number of methoxy groups -OCH3 is 1. The monoisotopic (exact) mass is 361 g/mol. The smallest absolute Gasteiger partial charge is 0.191 e. The molecule has 134 valence electrons. The Bertz CT molecular complexity index is 692. The van der Waals surface area contributed by atoms with Crippen LogP contribution in [0.15, 0.2) is 53.5 Å². The van der Waals surface area contributed by atoms with Crippen LogP contribution in [0.3, 0.4) is 0 Å². The van der Waals surface area contributed by atoms with Crippen LogP contribution in [-0.4, -0.2) is 38.4 Å². The number of aliphatic imine (C=N–C) groups is 1. The maximum absolute atomic E-state index is 9.64. The number of halogens is 1. The largest absolute Gasteiger partial charge is 0.496 e. The van der Waals surface area contributed by atoms with E-state index >= 15 is 0 Å². The number of aliphatic hydroxyl groups excluding tert-OH is 1. The van der Waals surface area contributed by atoms with Gasteiger partial charge >= 0.3 is 0 Å². The van der Waals surface area contributed by atoms with E-state index in [1.165, 1.54) is 0 Å². The second kappa shape index (κ2) is 9.91. The molecule has 1 atom stereocenters. The Morgan fingerprint density at radius 1 is 1.20 bits per heavy atom. The van der Waals surface area contributed by atoms with Gasteiger partial charge in [0.25, 0.3) is 0 Å². The molecular weight excluding hydrogens is 338 g/mol. The Balaban J connectivity index is 1.93. The van der Waals surface area contributed by atoms with Crippen LogP contribution in [0.1, 0.15) is 17.0 Å². The van der Waals surface area contributed by atoms with Crippen LogP contribution in [0.25, 0.3) is 0 Å². The molecular formula is C19H24ClN3O2. The SMILES string of the molecule is CN=C(NCc1ccc(Cl)cc1OC)NCC(CO)c1ccccc1. The molecule has 0 heterocycles. The van der Waals surface area contributed by atoms with Crippen molar-refractivity contribution in [3.8, 4) is 5.75 Å². The Kier molecular flexibility index (Phi) is 7.57. The lowest BCUT2D eigenvalue weighted by Gasteiger charge is -2.18. The van der Waals surface area contributed by atoms with Gasteiger partial charge in [-0.15, -0.1) is 0 Å². The number of nitrogens with one attached hydrogen (secondary N) is 2. The van der Waals surface area contributed by atoms with E-state index in [9.17, 15) is 5.11 Å². The highest BCUT2D eigenvalue weighted by atomic mass is 35.5. The van der Waals surface area contributed by atoms with Crippen molar-refractivity contribution in [1.82, 2.24) is 10.6 Å². The number of aliphatic hydroxyl groups is 1. The van der Waals surface area contributed by atoms with E-state index < -0.39 is 0 Å². The summed E-state index contributed by atoms with van der Waals surface area (Å²) in [4.78, 5) is 4.22. The first-order chi connectivity index (χ1) is 12.2. The van der Waals surface area contributed by atoms with Crippen LogP contribution >= 0.6 is 11.6 Å². The molecule has 0 aromatic heterocycles. The normalized spacial score (nSPS) is 12.6. The van der Waals surface area contributed by atoms with Gasteiger partial charge in [0.1, 0.15) is 5.75 Å². The van der Waals surface area contributed by atoms with Crippen molar-refractivity contribution in [2.45, 2.75) is 12.5 Å². The van der Waals surface area contributed by atoms with Gasteiger partial charge in [-0.3, -0.25) is 4.99 Å². The molecule has 6 heteroatoms. The zero-order valence-electron chi connectivity index (χ0n) is 14.5. The summed E-state index contributed by atoms with van der Waals surface area (Å²) in [6.07, 6.45) is 0. The number of hydrogen-bond acceptors (Lipinski definition) is 3. The van der Waals surface area contributed by atoms with Crippen molar-refractivity contribution in [3.05, 3.63) is 64.7 Å². The fraction of sp³-hybridized carbons (Fsp3) is 0.316. The number of benzene rings is 2. The number of rotatable bonds is 7. The molecule has 0 aliphatic rings. The van der Waals surface area contributed by atoms with Crippen LogP contribution in [0.5, 0.6) is 5.75 Å². The molecule has 0 aliphatic heterocycles. The minimum Gasteiger partial charge on any atom is -0.496 e. The molecule has 0 radical (unpaired) electrons. The predicted molar refractivity (Wildman–Crippen MR) is 102 cm³/mol. The summed E-state index contributed by atoms with van der Waals surface area (Å²) in [7, 11) is 3.33. The third-order valence-corrected chi connectivity index (χ3v) is 4.16. The van der Waals surface area contributed by atoms with Gasteiger partial charge in [0.2, 0.25) is 0 Å². The van der Waals surface area contributed by atoms with E-state index in [4.69, 9.17) is 16.3 Å². The lowest BCUT2D eigenvalue weighted by Crippen LogP contribution is -2.39. The van der Waals surface area contributed by atoms with Crippen molar-refractivity contribution in [1.29, 1.82) is 0 Å². The van der Waals surface area contributed by atoms with E-state index in [0.29, 0.717) is 24.1 Å². The summed E-state index contributed by atoms with van der Waals surface area (Å²) in [5.74, 6) is 1.39. The molecule has 0 bridgehead atoms. The maximum Gasteiger partial charge on any atom is 0.191 e. The molecule has 3 N–H and O–H groups in total. The van der Waals surface area contributed by atoms with Crippen molar-refractivity contribution < 1.29 is 9.84 Å². The summed E-state index contributed by atoms with van der Waals surface area (Å²) < 4.78 is 5.35. The first-order valence-electron chi connectivity index (χ1n) is 8.10. The first kappa shape index (κ1) is 19.1. The fourth-order valence-electron chi connectivity index (χ4n) is 2.50. The molecule has 2 aromatic carbocycles. The number of nitrogens with zero attached hydrogens (tertiary/aromatic N) is 1. The lowest BCUT2D eigenvalue weighted by molar-refractivity contribution is 0.265. The van der Waals surface area contributed by atoms with E-state index in [1.54, 1.807) is 20.2 Å². The highest BCUT2D eigenvalue weighted by Gasteiger charge is 2.11. The molecule has 2 aromatic rings. The Hall–Kier alpha value is -2.24. The summed E-state index contributed by atoms with van der Waals surface area (Å²) in [5, 5.41) is 16.8. The van der Waals surface area contributed by atoms with Gasteiger partial charge in [-0.1, -0.05) is 48.0 Å². The van der Waals surface area contributed by atoms with Crippen molar-refractivity contribution in [2.75, 3.05) is 27.3 Å². The average molecular weight is 362 g/mol. The molecule has 0 saturated carbocycles. The Labute approximate surface area is 153 Å². The van der Waals surface area contributed by atoms with Gasteiger partial charge in [-0.2, -0.15) is 0 Å². The van der Waals surface area contributed by atoms with E-state index in [0.717, 1.165) is 16.9 Å². The van der Waals surface area contributed by atoms with Crippen LogP contribution in [-0.2, 0) is 6.54 Å². The van der Waals surface area contributed by atoms with Gasteiger partial charge in [-0.05, 0) is 17.7 Å². The zero-order valence-corrected chi connectivity index (χ0v) is 15.3. The zero-order chi connectivity index (χ0) is 18.1. The maximum atomic E-state index is 9.64. The quantitative estimate of drug-likeness (QED) is 0.524. The van der Waals surface area contributed by atoms with Crippen LogP contribution < -0.4 is 15.4 Å². The molecule has 2 rings (SSSR count). The van der Waals surface area contributed by atoms with Gasteiger partial charge < -0.3 is 20.5 Å².